The molecule has 0 saturated carbocycles. The number of ketones is 1. The van der Waals surface area contributed by atoms with E-state index >= 15 is 0 Å². The zero-order chi connectivity index (χ0) is 11.5. The third kappa shape index (κ3) is 1.78. The lowest BCUT2D eigenvalue weighted by atomic mass is 10.1. The summed E-state index contributed by atoms with van der Waals surface area (Å²) in [6.07, 6.45) is 1.49. The Kier molecular flexibility index (Phi) is 2.66. The molecule has 1 N–H and O–H groups in total. The van der Waals surface area contributed by atoms with E-state index in [9.17, 15) is 4.79 Å². The van der Waals surface area contributed by atoms with Gasteiger partial charge in [0.1, 0.15) is 16.9 Å². The van der Waals surface area contributed by atoms with Crippen LogP contribution in [0.15, 0.2) is 24.4 Å². The van der Waals surface area contributed by atoms with Crippen LogP contribution in [-0.2, 0) is 0 Å². The van der Waals surface area contributed by atoms with Crippen LogP contribution in [0.4, 0.5) is 0 Å². The Hall–Kier alpha value is -2.19. The standard InChI is InChI=1S/C10H5ClN4O/c11-10-7(2-1-3-13-10)9(16)8-4-6(5-12)14-15-8/h1-4H,(H,14,15). The summed E-state index contributed by atoms with van der Waals surface area (Å²) in [5, 5.41) is 14.8. The van der Waals surface area contributed by atoms with Crippen molar-refractivity contribution in [2.24, 2.45) is 0 Å². The summed E-state index contributed by atoms with van der Waals surface area (Å²) < 4.78 is 0. The predicted octanol–water partition coefficient (Wildman–Crippen LogP) is 1.56. The zero-order valence-electron chi connectivity index (χ0n) is 7.94. The fourth-order valence-corrected chi connectivity index (χ4v) is 1.40. The first-order valence-corrected chi connectivity index (χ1v) is 4.71. The van der Waals surface area contributed by atoms with E-state index in [1.54, 1.807) is 12.1 Å². The number of nitriles is 1. The highest BCUT2D eigenvalue weighted by Gasteiger charge is 2.15. The monoisotopic (exact) mass is 232 g/mol. The quantitative estimate of drug-likeness (QED) is 0.629. The van der Waals surface area contributed by atoms with E-state index in [0.717, 1.165) is 0 Å². The normalized spacial score (nSPS) is 9.75. The maximum Gasteiger partial charge on any atom is 0.213 e. The molecule has 2 rings (SSSR count). The summed E-state index contributed by atoms with van der Waals surface area (Å²) in [4.78, 5) is 15.7. The maximum absolute atomic E-state index is 11.9. The summed E-state index contributed by atoms with van der Waals surface area (Å²) >= 11 is 5.78. The number of H-pyrrole nitrogens is 1. The van der Waals surface area contributed by atoms with Crippen molar-refractivity contribution in [3.8, 4) is 6.07 Å². The van der Waals surface area contributed by atoms with Gasteiger partial charge in [-0.1, -0.05) is 11.6 Å². The first-order valence-electron chi connectivity index (χ1n) is 4.33. The van der Waals surface area contributed by atoms with Crippen molar-refractivity contribution in [3.05, 3.63) is 46.5 Å². The zero-order valence-corrected chi connectivity index (χ0v) is 8.69. The Balaban J connectivity index is 2.40. The number of hydrogen-bond donors (Lipinski definition) is 1. The van der Waals surface area contributed by atoms with E-state index in [1.807, 2.05) is 6.07 Å². The molecular weight excluding hydrogens is 228 g/mol. The second kappa shape index (κ2) is 4.13. The van der Waals surface area contributed by atoms with Crippen LogP contribution in [0, 0.1) is 11.3 Å². The molecule has 0 unspecified atom stereocenters. The molecule has 0 radical (unpaired) electrons. The third-order valence-corrected chi connectivity index (χ3v) is 2.24. The first kappa shape index (κ1) is 10.3. The van der Waals surface area contributed by atoms with E-state index in [-0.39, 0.29) is 27.9 Å². The van der Waals surface area contributed by atoms with E-state index in [0.29, 0.717) is 0 Å². The van der Waals surface area contributed by atoms with Crippen molar-refractivity contribution in [2.45, 2.75) is 0 Å². The molecule has 6 heteroatoms. The van der Waals surface area contributed by atoms with Gasteiger partial charge >= 0.3 is 0 Å². The van der Waals surface area contributed by atoms with Gasteiger partial charge < -0.3 is 0 Å². The highest BCUT2D eigenvalue weighted by atomic mass is 35.5. The number of aromatic nitrogens is 3. The molecule has 0 saturated heterocycles. The molecule has 0 aliphatic heterocycles. The molecule has 0 amide bonds. The number of aromatic amines is 1. The molecule has 0 atom stereocenters. The topological polar surface area (TPSA) is 82.4 Å². The molecule has 0 aliphatic rings. The second-order valence-corrected chi connectivity index (χ2v) is 3.31. The van der Waals surface area contributed by atoms with E-state index in [4.69, 9.17) is 16.9 Å². The number of carbonyl (C=O) groups excluding carboxylic acids is 1. The van der Waals surface area contributed by atoms with Gasteiger partial charge in [-0.25, -0.2) is 4.98 Å². The molecule has 16 heavy (non-hydrogen) atoms. The number of nitrogens with zero attached hydrogens (tertiary/aromatic N) is 3. The van der Waals surface area contributed by atoms with Crippen LogP contribution < -0.4 is 0 Å². The van der Waals surface area contributed by atoms with E-state index in [1.165, 1.54) is 12.3 Å². The highest BCUT2D eigenvalue weighted by molar-refractivity contribution is 6.33. The number of nitrogens with one attached hydrogen (secondary N) is 1. The summed E-state index contributed by atoms with van der Waals surface area (Å²) in [5.41, 5.74) is 0.645. The van der Waals surface area contributed by atoms with Crippen molar-refractivity contribution >= 4 is 17.4 Å². The molecule has 0 spiro atoms. The molecule has 0 aromatic carbocycles. The van der Waals surface area contributed by atoms with Crippen LogP contribution in [0.5, 0.6) is 0 Å². The van der Waals surface area contributed by atoms with Gasteiger partial charge in [0.15, 0.2) is 5.69 Å². The fourth-order valence-electron chi connectivity index (χ4n) is 1.20. The largest absolute Gasteiger partial charge is 0.287 e. The minimum absolute atomic E-state index is 0.126. The van der Waals surface area contributed by atoms with Gasteiger partial charge in [-0.2, -0.15) is 10.4 Å². The average molecular weight is 233 g/mol. The summed E-state index contributed by atoms with van der Waals surface area (Å²) in [7, 11) is 0. The Labute approximate surface area is 95.7 Å². The maximum atomic E-state index is 11.9. The Morgan fingerprint density at radius 1 is 1.56 bits per heavy atom. The Bertz CT molecular complexity index is 585. The van der Waals surface area contributed by atoms with Crippen molar-refractivity contribution in [2.75, 3.05) is 0 Å². The summed E-state index contributed by atoms with van der Waals surface area (Å²) in [6, 6.07) is 6.36. The van der Waals surface area contributed by atoms with Crippen LogP contribution in [0.2, 0.25) is 5.15 Å². The molecule has 0 aliphatic carbocycles. The number of halogens is 1. The minimum Gasteiger partial charge on any atom is -0.287 e. The third-order valence-electron chi connectivity index (χ3n) is 1.94. The second-order valence-electron chi connectivity index (χ2n) is 2.95. The smallest absolute Gasteiger partial charge is 0.213 e. The lowest BCUT2D eigenvalue weighted by molar-refractivity contribution is 0.103. The van der Waals surface area contributed by atoms with Gasteiger partial charge in [0.05, 0.1) is 5.56 Å². The van der Waals surface area contributed by atoms with Crippen LogP contribution >= 0.6 is 11.6 Å². The molecular formula is C10H5ClN4O. The molecule has 2 aromatic heterocycles. The van der Waals surface area contributed by atoms with Gasteiger partial charge in [-0.3, -0.25) is 9.89 Å². The molecule has 2 aromatic rings. The SMILES string of the molecule is N#Cc1cc(C(=O)c2cccnc2Cl)[nH]n1. The van der Waals surface area contributed by atoms with Gasteiger partial charge in [0.25, 0.3) is 0 Å². The molecule has 5 nitrogen and oxygen atoms in total. The minimum atomic E-state index is -0.341. The van der Waals surface area contributed by atoms with Gasteiger partial charge in [0.2, 0.25) is 5.78 Å². The molecule has 0 bridgehead atoms. The fraction of sp³-hybridized carbons (Fsp3) is 0. The predicted molar refractivity (Wildman–Crippen MR) is 56.0 cm³/mol. The van der Waals surface area contributed by atoms with Crippen molar-refractivity contribution < 1.29 is 4.79 Å². The lowest BCUT2D eigenvalue weighted by Crippen LogP contribution is -2.03. The molecule has 2 heterocycles. The van der Waals surface area contributed by atoms with Crippen molar-refractivity contribution in [1.29, 1.82) is 5.26 Å². The molecule has 78 valence electrons. The number of carbonyl (C=O) groups is 1. The van der Waals surface area contributed by atoms with Crippen molar-refractivity contribution in [1.82, 2.24) is 15.2 Å². The van der Waals surface area contributed by atoms with Crippen LogP contribution in [-0.4, -0.2) is 21.0 Å². The number of pyridine rings is 1. The summed E-state index contributed by atoms with van der Waals surface area (Å²) in [6.45, 7) is 0. The Morgan fingerprint density at radius 2 is 2.38 bits per heavy atom. The highest BCUT2D eigenvalue weighted by Crippen LogP contribution is 2.15. The van der Waals surface area contributed by atoms with Crippen LogP contribution in [0.3, 0.4) is 0 Å². The number of rotatable bonds is 2. The Morgan fingerprint density at radius 3 is 3.00 bits per heavy atom. The van der Waals surface area contributed by atoms with Gasteiger partial charge in [-0.05, 0) is 12.1 Å². The average Bonchev–Trinajstić information content (AvgIpc) is 2.77. The van der Waals surface area contributed by atoms with Gasteiger partial charge in [-0.15, -0.1) is 0 Å². The first-order chi connectivity index (χ1) is 7.72. The summed E-state index contributed by atoms with van der Waals surface area (Å²) in [5.74, 6) is -0.341. The van der Waals surface area contributed by atoms with E-state index < -0.39 is 0 Å². The number of hydrogen-bond acceptors (Lipinski definition) is 4. The van der Waals surface area contributed by atoms with Crippen LogP contribution in [0.25, 0.3) is 0 Å². The van der Waals surface area contributed by atoms with Gasteiger partial charge in [0, 0.05) is 12.3 Å². The van der Waals surface area contributed by atoms with E-state index in [2.05, 4.69) is 15.2 Å². The van der Waals surface area contributed by atoms with Crippen molar-refractivity contribution in [3.63, 3.8) is 0 Å². The lowest BCUT2D eigenvalue weighted by Gasteiger charge is -1.98. The van der Waals surface area contributed by atoms with Crippen LogP contribution in [0.1, 0.15) is 21.7 Å². The molecule has 0 fully saturated rings.